The molecule has 0 saturated heterocycles. The number of carbonyl (C=O) groups excluding carboxylic acids is 1. The Balaban J connectivity index is 1.94. The maximum atomic E-state index is 11.9. The van der Waals surface area contributed by atoms with Crippen LogP contribution in [0.4, 0.5) is 10.5 Å². The van der Waals surface area contributed by atoms with Crippen molar-refractivity contribution < 1.29 is 9.90 Å². The van der Waals surface area contributed by atoms with E-state index in [1.54, 1.807) is 0 Å². The van der Waals surface area contributed by atoms with Crippen LogP contribution in [0.15, 0.2) is 46.9 Å². The van der Waals surface area contributed by atoms with E-state index in [1.165, 1.54) is 0 Å². The van der Waals surface area contributed by atoms with Crippen molar-refractivity contribution in [2.24, 2.45) is 0 Å². The Bertz CT molecular complexity index is 644. The normalized spacial score (nSPS) is 10.2. The third-order valence-electron chi connectivity index (χ3n) is 3.14. The molecule has 2 aromatic rings. The predicted molar refractivity (Wildman–Crippen MR) is 87.1 cm³/mol. The Labute approximate surface area is 132 Å². The molecule has 21 heavy (non-hydrogen) atoms. The van der Waals surface area contributed by atoms with Gasteiger partial charge in [-0.2, -0.15) is 0 Å². The van der Waals surface area contributed by atoms with Crippen molar-refractivity contribution in [3.8, 4) is 0 Å². The summed E-state index contributed by atoms with van der Waals surface area (Å²) in [6.07, 6.45) is 0. The summed E-state index contributed by atoms with van der Waals surface area (Å²) < 4.78 is 1.00. The first-order valence-electron chi connectivity index (χ1n) is 6.59. The van der Waals surface area contributed by atoms with E-state index >= 15 is 0 Å². The molecule has 0 heterocycles. The van der Waals surface area contributed by atoms with Gasteiger partial charge in [0.1, 0.15) is 0 Å². The molecule has 0 radical (unpaired) electrons. The number of carbonyl (C=O) groups is 1. The molecule has 0 aliphatic carbocycles. The van der Waals surface area contributed by atoms with Crippen LogP contribution < -0.4 is 10.6 Å². The maximum Gasteiger partial charge on any atom is 0.319 e. The molecule has 0 fully saturated rings. The van der Waals surface area contributed by atoms with E-state index in [1.807, 2.05) is 49.4 Å². The lowest BCUT2D eigenvalue weighted by atomic mass is 10.1. The third kappa shape index (κ3) is 4.31. The largest absolute Gasteiger partial charge is 0.392 e. The number of hydrogen-bond acceptors (Lipinski definition) is 2. The lowest BCUT2D eigenvalue weighted by molar-refractivity contribution is 0.251. The lowest BCUT2D eigenvalue weighted by Crippen LogP contribution is -2.28. The van der Waals surface area contributed by atoms with Gasteiger partial charge in [0.2, 0.25) is 0 Å². The van der Waals surface area contributed by atoms with E-state index in [0.29, 0.717) is 6.54 Å². The zero-order valence-corrected chi connectivity index (χ0v) is 13.3. The van der Waals surface area contributed by atoms with Crippen molar-refractivity contribution in [1.82, 2.24) is 5.32 Å². The molecule has 5 heteroatoms. The van der Waals surface area contributed by atoms with Crippen LogP contribution >= 0.6 is 15.9 Å². The van der Waals surface area contributed by atoms with Gasteiger partial charge in [-0.3, -0.25) is 0 Å². The predicted octanol–water partition coefficient (Wildman–Crippen LogP) is 3.57. The molecule has 0 atom stereocenters. The maximum absolute atomic E-state index is 11.9. The fourth-order valence-electron chi connectivity index (χ4n) is 1.96. The summed E-state index contributed by atoms with van der Waals surface area (Å²) in [7, 11) is 0. The minimum absolute atomic E-state index is 0.0363. The summed E-state index contributed by atoms with van der Waals surface area (Å²) in [6, 6.07) is 12.8. The number of hydrogen-bond donors (Lipinski definition) is 3. The topological polar surface area (TPSA) is 61.4 Å². The van der Waals surface area contributed by atoms with E-state index in [9.17, 15) is 9.90 Å². The second-order valence-electron chi connectivity index (χ2n) is 4.70. The van der Waals surface area contributed by atoms with Crippen LogP contribution in [0.1, 0.15) is 16.7 Å². The van der Waals surface area contributed by atoms with Crippen molar-refractivity contribution in [2.45, 2.75) is 20.1 Å². The van der Waals surface area contributed by atoms with Crippen molar-refractivity contribution in [3.05, 3.63) is 63.6 Å². The summed E-state index contributed by atoms with van der Waals surface area (Å²) in [6.45, 7) is 2.30. The van der Waals surface area contributed by atoms with Gasteiger partial charge in [-0.15, -0.1) is 0 Å². The van der Waals surface area contributed by atoms with Crippen LogP contribution in [0.25, 0.3) is 0 Å². The Hall–Kier alpha value is -1.85. The number of urea groups is 1. The van der Waals surface area contributed by atoms with Gasteiger partial charge in [0.15, 0.2) is 0 Å². The molecular weight excluding hydrogens is 332 g/mol. The Morgan fingerprint density at radius 1 is 1.19 bits per heavy atom. The van der Waals surface area contributed by atoms with Gasteiger partial charge in [-0.1, -0.05) is 40.2 Å². The van der Waals surface area contributed by atoms with E-state index in [2.05, 4.69) is 26.6 Å². The summed E-state index contributed by atoms with van der Waals surface area (Å²) >= 11 is 3.42. The van der Waals surface area contributed by atoms with Gasteiger partial charge in [-0.25, -0.2) is 4.79 Å². The quantitative estimate of drug-likeness (QED) is 0.790. The lowest BCUT2D eigenvalue weighted by Gasteiger charge is -2.11. The Kier molecular flexibility index (Phi) is 5.36. The van der Waals surface area contributed by atoms with Crippen molar-refractivity contribution in [3.63, 3.8) is 0 Å². The van der Waals surface area contributed by atoms with E-state index in [4.69, 9.17) is 0 Å². The second-order valence-corrected chi connectivity index (χ2v) is 5.55. The average molecular weight is 349 g/mol. The Morgan fingerprint density at radius 2 is 1.90 bits per heavy atom. The molecule has 0 aliphatic rings. The van der Waals surface area contributed by atoms with Gasteiger partial charge in [0, 0.05) is 16.7 Å². The molecule has 0 unspecified atom stereocenters. The highest BCUT2D eigenvalue weighted by molar-refractivity contribution is 9.10. The van der Waals surface area contributed by atoms with Gasteiger partial charge in [0.05, 0.1) is 6.61 Å². The summed E-state index contributed by atoms with van der Waals surface area (Å²) in [5.41, 5.74) is 3.52. The first kappa shape index (κ1) is 15.5. The summed E-state index contributed by atoms with van der Waals surface area (Å²) in [4.78, 5) is 11.9. The zero-order valence-electron chi connectivity index (χ0n) is 11.7. The summed E-state index contributed by atoms with van der Waals surface area (Å²) in [5, 5.41) is 14.8. The minimum Gasteiger partial charge on any atom is -0.392 e. The molecule has 0 aliphatic heterocycles. The molecule has 4 nitrogen and oxygen atoms in total. The van der Waals surface area contributed by atoms with Gasteiger partial charge in [0.25, 0.3) is 0 Å². The number of benzene rings is 2. The number of nitrogens with one attached hydrogen (secondary N) is 2. The molecule has 0 bridgehead atoms. The number of amides is 2. The minimum atomic E-state index is -0.274. The number of aliphatic hydroxyl groups excluding tert-OH is 1. The number of halogens is 1. The van der Waals surface area contributed by atoms with Crippen molar-refractivity contribution in [2.75, 3.05) is 5.32 Å². The van der Waals surface area contributed by atoms with Gasteiger partial charge in [-0.05, 0) is 41.8 Å². The van der Waals surface area contributed by atoms with E-state index in [-0.39, 0.29) is 12.6 Å². The molecule has 2 amide bonds. The van der Waals surface area contributed by atoms with Gasteiger partial charge >= 0.3 is 6.03 Å². The van der Waals surface area contributed by atoms with E-state index < -0.39 is 0 Å². The molecule has 2 aromatic carbocycles. The number of rotatable bonds is 4. The van der Waals surface area contributed by atoms with Crippen LogP contribution in [0.3, 0.4) is 0 Å². The molecule has 110 valence electrons. The smallest absolute Gasteiger partial charge is 0.319 e. The SMILES string of the molecule is Cc1cc(NC(=O)NCc2ccccc2CO)ccc1Br. The monoisotopic (exact) mass is 348 g/mol. The number of aliphatic hydroxyl groups is 1. The number of aryl methyl sites for hydroxylation is 1. The summed E-state index contributed by atoms with van der Waals surface area (Å²) in [5.74, 6) is 0. The van der Waals surface area contributed by atoms with Crippen LogP contribution in [0.5, 0.6) is 0 Å². The third-order valence-corrected chi connectivity index (χ3v) is 4.03. The molecule has 0 saturated carbocycles. The van der Waals surface area contributed by atoms with Crippen LogP contribution in [-0.4, -0.2) is 11.1 Å². The molecule has 0 spiro atoms. The molecular formula is C16H17BrN2O2. The van der Waals surface area contributed by atoms with Crippen LogP contribution in [-0.2, 0) is 13.2 Å². The fourth-order valence-corrected chi connectivity index (χ4v) is 2.20. The highest BCUT2D eigenvalue weighted by Crippen LogP contribution is 2.19. The van der Waals surface area contributed by atoms with Crippen LogP contribution in [0, 0.1) is 6.92 Å². The van der Waals surface area contributed by atoms with Crippen LogP contribution in [0.2, 0.25) is 0 Å². The second kappa shape index (κ2) is 7.24. The van der Waals surface area contributed by atoms with Gasteiger partial charge < -0.3 is 15.7 Å². The highest BCUT2D eigenvalue weighted by atomic mass is 79.9. The average Bonchev–Trinajstić information content (AvgIpc) is 2.49. The highest BCUT2D eigenvalue weighted by Gasteiger charge is 2.05. The van der Waals surface area contributed by atoms with Crippen molar-refractivity contribution in [1.29, 1.82) is 0 Å². The number of anilines is 1. The zero-order chi connectivity index (χ0) is 15.2. The molecule has 3 N–H and O–H groups in total. The van der Waals surface area contributed by atoms with E-state index in [0.717, 1.165) is 26.9 Å². The molecule has 0 aromatic heterocycles. The first-order chi connectivity index (χ1) is 10.1. The molecule has 2 rings (SSSR count). The first-order valence-corrected chi connectivity index (χ1v) is 7.38. The fraction of sp³-hybridized carbons (Fsp3) is 0.188. The van der Waals surface area contributed by atoms with Crippen molar-refractivity contribution >= 4 is 27.6 Å². The standard InChI is InChI=1S/C16H17BrN2O2/c1-11-8-14(6-7-15(11)17)19-16(21)18-9-12-4-2-3-5-13(12)10-20/h2-8,20H,9-10H2,1H3,(H2,18,19,21). The Morgan fingerprint density at radius 3 is 2.57 bits per heavy atom.